The fraction of sp³-hybridized carbons (Fsp3) is 0.200. The highest BCUT2D eigenvalue weighted by atomic mass is 32.1. The van der Waals surface area contributed by atoms with Crippen molar-refractivity contribution in [3.63, 3.8) is 0 Å². The van der Waals surface area contributed by atoms with Crippen molar-refractivity contribution in [3.05, 3.63) is 35.0 Å². The second-order valence-electron chi connectivity index (χ2n) is 5.87. The van der Waals surface area contributed by atoms with Crippen molar-refractivity contribution in [1.29, 1.82) is 0 Å². The second kappa shape index (κ2) is 6.74. The first kappa shape index (κ1) is 16.9. The largest absolute Gasteiger partial charge is 0.485 e. The molecule has 0 bridgehead atoms. The Morgan fingerprint density at radius 1 is 0.630 bits per heavy atom. The summed E-state index contributed by atoms with van der Waals surface area (Å²) in [5, 5.41) is 0. The van der Waals surface area contributed by atoms with E-state index in [9.17, 15) is 0 Å². The van der Waals surface area contributed by atoms with Crippen molar-refractivity contribution in [2.75, 3.05) is 26.4 Å². The van der Waals surface area contributed by atoms with E-state index in [-0.39, 0.29) is 0 Å². The van der Waals surface area contributed by atoms with E-state index in [4.69, 9.17) is 18.9 Å². The summed E-state index contributed by atoms with van der Waals surface area (Å²) >= 11 is 5.01. The lowest BCUT2D eigenvalue weighted by atomic mass is 10.2. The van der Waals surface area contributed by atoms with E-state index in [1.165, 1.54) is 0 Å². The maximum atomic E-state index is 5.91. The zero-order valence-corrected chi connectivity index (χ0v) is 16.9. The van der Waals surface area contributed by atoms with Gasteiger partial charge in [-0.2, -0.15) is 0 Å². The zero-order valence-electron chi connectivity index (χ0n) is 14.4. The topological polar surface area (TPSA) is 36.9 Å². The fourth-order valence-electron chi connectivity index (χ4n) is 3.12. The monoisotopic (exact) mass is 416 g/mol. The molecule has 0 spiro atoms. The van der Waals surface area contributed by atoms with Crippen LogP contribution in [0.2, 0.25) is 0 Å². The molecule has 0 radical (unpaired) electrons. The quantitative estimate of drug-likeness (QED) is 0.520. The summed E-state index contributed by atoms with van der Waals surface area (Å²) in [4.78, 5) is 6.47. The highest BCUT2D eigenvalue weighted by Crippen LogP contribution is 2.55. The molecule has 3 aromatic rings. The molecule has 0 N–H and O–H groups in total. The summed E-state index contributed by atoms with van der Waals surface area (Å²) in [6, 6.07) is 4.25. The Balaban J connectivity index is 1.59. The summed E-state index contributed by atoms with van der Waals surface area (Å²) in [7, 11) is 0. The number of rotatable bonds is 4. The van der Waals surface area contributed by atoms with Gasteiger partial charge >= 0.3 is 0 Å². The van der Waals surface area contributed by atoms with Crippen LogP contribution < -0.4 is 18.9 Å². The van der Waals surface area contributed by atoms with Crippen LogP contribution in [0.15, 0.2) is 25.3 Å². The van der Waals surface area contributed by atoms with Gasteiger partial charge in [0, 0.05) is 9.75 Å². The molecule has 5 heterocycles. The van der Waals surface area contributed by atoms with E-state index in [0.29, 0.717) is 26.4 Å². The lowest BCUT2D eigenvalue weighted by molar-refractivity contribution is 0.174. The van der Waals surface area contributed by atoms with Gasteiger partial charge in [0.1, 0.15) is 26.4 Å². The normalized spacial score (nSPS) is 14.8. The first-order chi connectivity index (χ1) is 13.3. The standard InChI is InChI=1S/C20H16O4S3/c1-3-11-15-17(23-9-7-21-15)19(26-11)13-5-6-14(25-13)20-18-16(12(4-2)27-20)22-8-10-24-18/h3-6H,1-2,7-10H2. The van der Waals surface area contributed by atoms with Gasteiger partial charge in [-0.3, -0.25) is 0 Å². The van der Waals surface area contributed by atoms with Crippen molar-refractivity contribution < 1.29 is 18.9 Å². The molecule has 0 saturated carbocycles. The van der Waals surface area contributed by atoms with Gasteiger partial charge in [-0.15, -0.1) is 34.0 Å². The van der Waals surface area contributed by atoms with Crippen LogP contribution in [0.4, 0.5) is 0 Å². The third kappa shape index (κ3) is 2.69. The summed E-state index contributed by atoms with van der Waals surface area (Å²) in [6.45, 7) is 10.1. The molecular formula is C20H16O4S3. The number of hydrogen-bond donors (Lipinski definition) is 0. The highest BCUT2D eigenvalue weighted by Gasteiger charge is 2.27. The van der Waals surface area contributed by atoms with Crippen LogP contribution in [0.5, 0.6) is 23.0 Å². The Morgan fingerprint density at radius 3 is 1.44 bits per heavy atom. The average molecular weight is 417 g/mol. The molecule has 0 atom stereocenters. The van der Waals surface area contributed by atoms with Gasteiger partial charge in [-0.05, 0) is 24.3 Å². The molecule has 5 rings (SSSR count). The second-order valence-corrected chi connectivity index (χ2v) is 9.06. The molecule has 27 heavy (non-hydrogen) atoms. The fourth-order valence-corrected chi connectivity index (χ4v) is 6.42. The highest BCUT2D eigenvalue weighted by molar-refractivity contribution is 7.27. The molecule has 0 unspecified atom stereocenters. The number of thiophene rings is 3. The zero-order chi connectivity index (χ0) is 18.4. The van der Waals surface area contributed by atoms with Crippen molar-refractivity contribution in [3.8, 4) is 42.5 Å². The van der Waals surface area contributed by atoms with E-state index in [0.717, 1.165) is 52.3 Å². The van der Waals surface area contributed by atoms with Crippen LogP contribution in [0, 0.1) is 0 Å². The molecule has 138 valence electrons. The van der Waals surface area contributed by atoms with Crippen LogP contribution >= 0.6 is 34.0 Å². The molecule has 0 saturated heterocycles. The lowest BCUT2D eigenvalue weighted by Gasteiger charge is -2.16. The smallest absolute Gasteiger partial charge is 0.181 e. The Morgan fingerprint density at radius 2 is 1.04 bits per heavy atom. The predicted molar refractivity (Wildman–Crippen MR) is 113 cm³/mol. The molecule has 0 fully saturated rings. The van der Waals surface area contributed by atoms with Gasteiger partial charge in [-0.25, -0.2) is 0 Å². The van der Waals surface area contributed by atoms with Crippen molar-refractivity contribution in [1.82, 2.24) is 0 Å². The van der Waals surface area contributed by atoms with Gasteiger partial charge in [0.05, 0.1) is 19.5 Å². The molecule has 4 nitrogen and oxygen atoms in total. The van der Waals surface area contributed by atoms with Gasteiger partial charge < -0.3 is 18.9 Å². The number of ether oxygens (including phenoxy) is 4. The van der Waals surface area contributed by atoms with Gasteiger partial charge in [0.25, 0.3) is 0 Å². The Bertz CT molecular complexity index is 959. The van der Waals surface area contributed by atoms with Crippen molar-refractivity contribution in [2.24, 2.45) is 0 Å². The van der Waals surface area contributed by atoms with Crippen molar-refractivity contribution >= 4 is 46.2 Å². The Labute approximate surface area is 168 Å². The third-order valence-electron chi connectivity index (χ3n) is 4.27. The minimum absolute atomic E-state index is 0.567. The molecule has 2 aliphatic heterocycles. The van der Waals surface area contributed by atoms with Gasteiger partial charge in [0.15, 0.2) is 23.0 Å². The molecule has 7 heteroatoms. The van der Waals surface area contributed by atoms with Crippen LogP contribution in [0.1, 0.15) is 9.75 Å². The summed E-state index contributed by atoms with van der Waals surface area (Å²) < 4.78 is 23.4. The first-order valence-corrected chi connectivity index (χ1v) is 10.9. The number of fused-ring (bicyclic) bond motifs is 2. The minimum atomic E-state index is 0.567. The number of hydrogen-bond acceptors (Lipinski definition) is 7. The average Bonchev–Trinajstić information content (AvgIpc) is 3.42. The summed E-state index contributed by atoms with van der Waals surface area (Å²) in [5.41, 5.74) is 0. The molecule has 0 amide bonds. The molecule has 2 aliphatic rings. The summed E-state index contributed by atoms with van der Waals surface area (Å²) in [6.07, 6.45) is 3.65. The van der Waals surface area contributed by atoms with E-state index < -0.39 is 0 Å². The molecule has 0 aliphatic carbocycles. The van der Waals surface area contributed by atoms with Crippen LogP contribution in [0.3, 0.4) is 0 Å². The summed E-state index contributed by atoms with van der Waals surface area (Å²) in [5.74, 6) is 3.28. The van der Waals surface area contributed by atoms with E-state index in [1.807, 2.05) is 12.2 Å². The SMILES string of the molecule is C=Cc1sc(-c2ccc(-c3sc(C=C)c4c3OCCO4)s2)c2c1OCCO2. The molecular weight excluding hydrogens is 400 g/mol. The van der Waals surface area contributed by atoms with E-state index in [1.54, 1.807) is 34.0 Å². The van der Waals surface area contributed by atoms with Crippen LogP contribution in [-0.2, 0) is 0 Å². The van der Waals surface area contributed by atoms with E-state index in [2.05, 4.69) is 25.3 Å². The van der Waals surface area contributed by atoms with E-state index >= 15 is 0 Å². The minimum Gasteiger partial charge on any atom is -0.485 e. The van der Waals surface area contributed by atoms with Crippen molar-refractivity contribution in [2.45, 2.75) is 0 Å². The first-order valence-electron chi connectivity index (χ1n) is 8.50. The maximum Gasteiger partial charge on any atom is 0.181 e. The van der Waals surface area contributed by atoms with Gasteiger partial charge in [0.2, 0.25) is 0 Å². The molecule has 0 aromatic carbocycles. The third-order valence-corrected chi connectivity index (χ3v) is 8.01. The Kier molecular flexibility index (Phi) is 4.22. The lowest BCUT2D eigenvalue weighted by Crippen LogP contribution is -2.14. The predicted octanol–water partition coefficient (Wildman–Crippen LogP) is 6.03. The van der Waals surface area contributed by atoms with Gasteiger partial charge in [-0.1, -0.05) is 13.2 Å². The van der Waals surface area contributed by atoms with Crippen LogP contribution in [-0.4, -0.2) is 26.4 Å². The van der Waals surface area contributed by atoms with Crippen LogP contribution in [0.25, 0.3) is 31.7 Å². The Hall–Kier alpha value is -2.22. The molecule has 3 aromatic heterocycles. The maximum absolute atomic E-state index is 5.91.